The fraction of sp³-hybridized carbons (Fsp3) is 0.417. The Kier molecular flexibility index (Phi) is 3.13. The first kappa shape index (κ1) is 11.4. The number of halogens is 1. The van der Waals surface area contributed by atoms with Crippen LogP contribution in [0.5, 0.6) is 5.75 Å². The van der Waals surface area contributed by atoms with Gasteiger partial charge in [0.15, 0.2) is 0 Å². The standard InChI is InChI=1S/C12H12BrNO2/c1-16-11-4-3-9(13)7-10(11)12(14-8-15)5-2-6-12/h3-4,7H,2,5-6H2,1H3. The van der Waals surface area contributed by atoms with Gasteiger partial charge in [0.25, 0.3) is 0 Å². The van der Waals surface area contributed by atoms with Crippen LogP contribution in [-0.2, 0) is 10.3 Å². The molecule has 0 N–H and O–H groups in total. The van der Waals surface area contributed by atoms with E-state index in [1.54, 1.807) is 13.2 Å². The van der Waals surface area contributed by atoms with Crippen molar-refractivity contribution in [2.45, 2.75) is 24.8 Å². The highest BCUT2D eigenvalue weighted by atomic mass is 79.9. The topological polar surface area (TPSA) is 38.7 Å². The van der Waals surface area contributed by atoms with Gasteiger partial charge in [-0.15, -0.1) is 0 Å². The van der Waals surface area contributed by atoms with Crippen molar-refractivity contribution in [2.75, 3.05) is 7.11 Å². The van der Waals surface area contributed by atoms with E-state index in [2.05, 4.69) is 20.9 Å². The van der Waals surface area contributed by atoms with Crippen LogP contribution in [0.15, 0.2) is 27.7 Å². The number of hydrogen-bond acceptors (Lipinski definition) is 3. The predicted molar refractivity (Wildman–Crippen MR) is 64.3 cm³/mol. The first-order chi connectivity index (χ1) is 7.72. The first-order valence-corrected chi connectivity index (χ1v) is 5.94. The number of methoxy groups -OCH3 is 1. The number of aliphatic imine (C=N–C) groups is 1. The maximum absolute atomic E-state index is 10.5. The Labute approximate surface area is 103 Å². The average Bonchev–Trinajstić information content (AvgIpc) is 2.23. The summed E-state index contributed by atoms with van der Waals surface area (Å²) in [6.07, 6.45) is 4.54. The Hall–Kier alpha value is -1.12. The Morgan fingerprint density at radius 2 is 2.25 bits per heavy atom. The number of hydrogen-bond donors (Lipinski definition) is 0. The van der Waals surface area contributed by atoms with Crippen molar-refractivity contribution in [2.24, 2.45) is 4.99 Å². The number of benzene rings is 1. The third-order valence-corrected chi connectivity index (χ3v) is 3.60. The molecule has 84 valence electrons. The lowest BCUT2D eigenvalue weighted by Crippen LogP contribution is -2.32. The minimum absolute atomic E-state index is 0.406. The lowest BCUT2D eigenvalue weighted by atomic mass is 9.72. The van der Waals surface area contributed by atoms with Crippen LogP contribution in [0.1, 0.15) is 24.8 Å². The molecule has 0 spiro atoms. The lowest BCUT2D eigenvalue weighted by Gasteiger charge is -2.37. The molecule has 1 aliphatic rings. The van der Waals surface area contributed by atoms with Crippen LogP contribution < -0.4 is 4.74 Å². The van der Waals surface area contributed by atoms with Gasteiger partial charge in [-0.05, 0) is 37.5 Å². The molecule has 1 aliphatic carbocycles. The normalized spacial score (nSPS) is 17.1. The van der Waals surface area contributed by atoms with Gasteiger partial charge in [-0.2, -0.15) is 4.99 Å². The van der Waals surface area contributed by atoms with E-state index in [0.717, 1.165) is 35.0 Å². The van der Waals surface area contributed by atoms with Crippen LogP contribution in [-0.4, -0.2) is 13.2 Å². The van der Waals surface area contributed by atoms with Gasteiger partial charge in [0, 0.05) is 10.0 Å². The van der Waals surface area contributed by atoms with Crippen molar-refractivity contribution in [3.63, 3.8) is 0 Å². The monoisotopic (exact) mass is 281 g/mol. The van der Waals surface area contributed by atoms with Crippen molar-refractivity contribution in [3.8, 4) is 5.75 Å². The molecule has 1 aromatic carbocycles. The number of rotatable bonds is 3. The maximum Gasteiger partial charge on any atom is 0.235 e. The average molecular weight is 282 g/mol. The molecule has 4 heteroatoms. The fourth-order valence-corrected chi connectivity index (χ4v) is 2.45. The van der Waals surface area contributed by atoms with Gasteiger partial charge in [-0.25, -0.2) is 4.79 Å². The molecule has 0 heterocycles. The zero-order valence-electron chi connectivity index (χ0n) is 9.00. The molecule has 0 unspecified atom stereocenters. The minimum atomic E-state index is -0.406. The second kappa shape index (κ2) is 4.40. The van der Waals surface area contributed by atoms with E-state index in [0.29, 0.717) is 0 Å². The molecule has 1 fully saturated rings. The summed E-state index contributed by atoms with van der Waals surface area (Å²) in [5, 5.41) is 0. The van der Waals surface area contributed by atoms with E-state index in [4.69, 9.17) is 4.74 Å². The van der Waals surface area contributed by atoms with Gasteiger partial charge in [0.2, 0.25) is 6.08 Å². The molecule has 0 atom stereocenters. The zero-order valence-corrected chi connectivity index (χ0v) is 10.6. The molecule has 1 saturated carbocycles. The highest BCUT2D eigenvalue weighted by Gasteiger charge is 2.41. The van der Waals surface area contributed by atoms with Gasteiger partial charge < -0.3 is 4.74 Å². The van der Waals surface area contributed by atoms with Crippen molar-refractivity contribution in [1.29, 1.82) is 0 Å². The molecule has 0 saturated heterocycles. The summed E-state index contributed by atoms with van der Waals surface area (Å²) in [5.41, 5.74) is 0.565. The molecule has 0 aliphatic heterocycles. The Balaban J connectivity index is 2.52. The molecular weight excluding hydrogens is 270 g/mol. The number of ether oxygens (including phenoxy) is 1. The van der Waals surface area contributed by atoms with Gasteiger partial charge in [-0.1, -0.05) is 15.9 Å². The predicted octanol–water partition coefficient (Wildman–Crippen LogP) is 3.17. The Morgan fingerprint density at radius 1 is 1.50 bits per heavy atom. The second-order valence-corrected chi connectivity index (χ2v) is 4.85. The summed E-state index contributed by atoms with van der Waals surface area (Å²) in [4.78, 5) is 14.5. The van der Waals surface area contributed by atoms with Crippen LogP contribution in [0, 0.1) is 0 Å². The first-order valence-electron chi connectivity index (χ1n) is 5.15. The third-order valence-electron chi connectivity index (χ3n) is 3.10. The van der Waals surface area contributed by atoms with E-state index in [9.17, 15) is 4.79 Å². The summed E-state index contributed by atoms with van der Waals surface area (Å²) in [6, 6.07) is 5.78. The van der Waals surface area contributed by atoms with E-state index in [1.165, 1.54) is 0 Å². The highest BCUT2D eigenvalue weighted by molar-refractivity contribution is 9.10. The summed E-state index contributed by atoms with van der Waals surface area (Å²) in [7, 11) is 1.63. The largest absolute Gasteiger partial charge is 0.496 e. The van der Waals surface area contributed by atoms with E-state index >= 15 is 0 Å². The number of isocyanates is 1. The zero-order chi connectivity index (χ0) is 11.6. The van der Waals surface area contributed by atoms with Crippen LogP contribution in [0.4, 0.5) is 0 Å². The van der Waals surface area contributed by atoms with Crippen molar-refractivity contribution in [3.05, 3.63) is 28.2 Å². The quantitative estimate of drug-likeness (QED) is 0.631. The molecule has 2 rings (SSSR count). The molecule has 3 nitrogen and oxygen atoms in total. The third kappa shape index (κ3) is 1.79. The van der Waals surface area contributed by atoms with Crippen LogP contribution in [0.2, 0.25) is 0 Å². The van der Waals surface area contributed by atoms with Gasteiger partial charge in [0.05, 0.1) is 7.11 Å². The van der Waals surface area contributed by atoms with E-state index in [1.807, 2.05) is 18.2 Å². The van der Waals surface area contributed by atoms with E-state index in [-0.39, 0.29) is 0 Å². The van der Waals surface area contributed by atoms with Crippen molar-refractivity contribution in [1.82, 2.24) is 0 Å². The molecular formula is C12H12BrNO2. The Morgan fingerprint density at radius 3 is 2.75 bits per heavy atom. The van der Waals surface area contributed by atoms with Crippen LogP contribution >= 0.6 is 15.9 Å². The van der Waals surface area contributed by atoms with Gasteiger partial charge in [0.1, 0.15) is 11.3 Å². The summed E-state index contributed by atoms with van der Waals surface area (Å²) in [6.45, 7) is 0. The summed E-state index contributed by atoms with van der Waals surface area (Å²) >= 11 is 3.43. The Bertz CT molecular complexity index is 448. The van der Waals surface area contributed by atoms with Crippen LogP contribution in [0.25, 0.3) is 0 Å². The van der Waals surface area contributed by atoms with Gasteiger partial charge in [-0.3, -0.25) is 0 Å². The summed E-state index contributed by atoms with van der Waals surface area (Å²) < 4.78 is 6.29. The SMILES string of the molecule is COc1ccc(Br)cc1C1(N=C=O)CCC1. The van der Waals surface area contributed by atoms with Gasteiger partial charge >= 0.3 is 0 Å². The minimum Gasteiger partial charge on any atom is -0.496 e. The van der Waals surface area contributed by atoms with Crippen molar-refractivity contribution < 1.29 is 9.53 Å². The highest BCUT2D eigenvalue weighted by Crippen LogP contribution is 2.48. The lowest BCUT2D eigenvalue weighted by molar-refractivity contribution is 0.246. The molecule has 0 amide bonds. The number of carbonyl (C=O) groups excluding carboxylic acids is 1. The molecule has 0 aromatic heterocycles. The van der Waals surface area contributed by atoms with Crippen molar-refractivity contribution >= 4 is 22.0 Å². The molecule has 16 heavy (non-hydrogen) atoms. The fourth-order valence-electron chi connectivity index (χ4n) is 2.08. The number of nitrogens with zero attached hydrogens (tertiary/aromatic N) is 1. The molecule has 0 bridgehead atoms. The summed E-state index contributed by atoms with van der Waals surface area (Å²) in [5.74, 6) is 0.780. The van der Waals surface area contributed by atoms with Crippen LogP contribution in [0.3, 0.4) is 0 Å². The second-order valence-electron chi connectivity index (χ2n) is 3.93. The molecule has 1 aromatic rings. The molecule has 0 radical (unpaired) electrons. The van der Waals surface area contributed by atoms with E-state index < -0.39 is 5.54 Å². The smallest absolute Gasteiger partial charge is 0.235 e. The maximum atomic E-state index is 10.5.